The highest BCUT2D eigenvalue weighted by Crippen LogP contribution is 2.41. The summed E-state index contributed by atoms with van der Waals surface area (Å²) in [6, 6.07) is 18.2. The molecule has 0 saturated heterocycles. The zero-order valence-electron chi connectivity index (χ0n) is 19.7. The van der Waals surface area contributed by atoms with Gasteiger partial charge in [-0.15, -0.1) is 10.2 Å². The zero-order valence-corrected chi connectivity index (χ0v) is 19.7. The van der Waals surface area contributed by atoms with E-state index in [1.54, 1.807) is 51.7 Å². The van der Waals surface area contributed by atoms with Crippen molar-refractivity contribution in [3.05, 3.63) is 77.6 Å². The normalized spacial score (nSPS) is 11.0. The van der Waals surface area contributed by atoms with E-state index in [1.807, 2.05) is 41.7 Å². The van der Waals surface area contributed by atoms with Crippen molar-refractivity contribution >= 4 is 34.0 Å². The number of ether oxygens (including phenoxy) is 3. The molecule has 0 amide bonds. The Bertz CT molecular complexity index is 1540. The van der Waals surface area contributed by atoms with E-state index in [0.717, 1.165) is 5.52 Å². The van der Waals surface area contributed by atoms with Crippen molar-refractivity contribution in [2.75, 3.05) is 26.6 Å². The van der Waals surface area contributed by atoms with Crippen LogP contribution in [0, 0.1) is 6.92 Å². The van der Waals surface area contributed by atoms with E-state index in [2.05, 4.69) is 15.5 Å². The zero-order chi connectivity index (χ0) is 24.5. The maximum absolute atomic E-state index is 13.0. The second-order valence-corrected chi connectivity index (χ2v) is 7.80. The Kier molecular flexibility index (Phi) is 5.66. The molecule has 9 heteroatoms. The van der Waals surface area contributed by atoms with Crippen LogP contribution in [0.5, 0.6) is 17.2 Å². The van der Waals surface area contributed by atoms with Crippen molar-refractivity contribution in [2.24, 2.45) is 0 Å². The number of hydrogen-bond acceptors (Lipinski definition) is 8. The van der Waals surface area contributed by atoms with Crippen molar-refractivity contribution < 1.29 is 19.0 Å². The summed E-state index contributed by atoms with van der Waals surface area (Å²) in [4.78, 5) is 17.8. The molecule has 0 saturated carbocycles. The highest BCUT2D eigenvalue weighted by atomic mass is 16.5. The fourth-order valence-corrected chi connectivity index (χ4v) is 4.04. The summed E-state index contributed by atoms with van der Waals surface area (Å²) >= 11 is 0. The van der Waals surface area contributed by atoms with Crippen LogP contribution in [0.2, 0.25) is 0 Å². The third kappa shape index (κ3) is 3.86. The quantitative estimate of drug-likeness (QED) is 0.346. The SMILES string of the molecule is COc1cc(Nc2nc3ccc(C(=O)c4ccccc4)cc3n3c(C)nnc23)cc(OC)c1OC. The van der Waals surface area contributed by atoms with Gasteiger partial charge in [0.1, 0.15) is 5.82 Å². The predicted molar refractivity (Wildman–Crippen MR) is 132 cm³/mol. The van der Waals surface area contributed by atoms with Gasteiger partial charge in [-0.1, -0.05) is 30.3 Å². The molecule has 0 bridgehead atoms. The van der Waals surface area contributed by atoms with Crippen LogP contribution < -0.4 is 19.5 Å². The molecule has 0 spiro atoms. The minimum absolute atomic E-state index is 0.0639. The summed E-state index contributed by atoms with van der Waals surface area (Å²) in [6.07, 6.45) is 0. The number of rotatable bonds is 7. The van der Waals surface area contributed by atoms with Crippen LogP contribution in [-0.4, -0.2) is 46.7 Å². The molecule has 0 aliphatic heterocycles. The van der Waals surface area contributed by atoms with E-state index in [9.17, 15) is 4.79 Å². The number of aromatic nitrogens is 4. The fourth-order valence-electron chi connectivity index (χ4n) is 4.04. The lowest BCUT2D eigenvalue weighted by molar-refractivity contribution is 0.103. The van der Waals surface area contributed by atoms with Crippen molar-refractivity contribution in [3.8, 4) is 17.2 Å². The summed E-state index contributed by atoms with van der Waals surface area (Å²) in [7, 11) is 4.67. The van der Waals surface area contributed by atoms with Gasteiger partial charge in [-0.3, -0.25) is 9.20 Å². The minimum atomic E-state index is -0.0639. The number of nitrogens with zero attached hydrogens (tertiary/aromatic N) is 4. The topological polar surface area (TPSA) is 99.9 Å². The van der Waals surface area contributed by atoms with Gasteiger partial charge in [-0.2, -0.15) is 0 Å². The van der Waals surface area contributed by atoms with Crippen LogP contribution in [0.15, 0.2) is 60.7 Å². The van der Waals surface area contributed by atoms with Gasteiger partial charge in [0.15, 0.2) is 23.1 Å². The number of carbonyl (C=O) groups is 1. The van der Waals surface area contributed by atoms with Crippen LogP contribution in [0.1, 0.15) is 21.7 Å². The van der Waals surface area contributed by atoms with Gasteiger partial charge in [-0.05, 0) is 25.1 Å². The molecule has 35 heavy (non-hydrogen) atoms. The van der Waals surface area contributed by atoms with Gasteiger partial charge in [0.2, 0.25) is 11.4 Å². The van der Waals surface area contributed by atoms with Gasteiger partial charge in [-0.25, -0.2) is 4.98 Å². The summed E-state index contributed by atoms with van der Waals surface area (Å²) in [5.74, 6) is 2.61. The maximum atomic E-state index is 13.0. The molecule has 2 heterocycles. The molecule has 0 atom stereocenters. The van der Waals surface area contributed by atoms with E-state index in [-0.39, 0.29) is 5.78 Å². The molecule has 0 radical (unpaired) electrons. The Labute approximate surface area is 201 Å². The smallest absolute Gasteiger partial charge is 0.204 e. The molecule has 1 N–H and O–H groups in total. The summed E-state index contributed by atoms with van der Waals surface area (Å²) in [5, 5.41) is 11.9. The van der Waals surface area contributed by atoms with E-state index in [0.29, 0.717) is 56.9 Å². The van der Waals surface area contributed by atoms with E-state index in [1.165, 1.54) is 0 Å². The van der Waals surface area contributed by atoms with Gasteiger partial charge >= 0.3 is 0 Å². The standard InChI is InChI=1S/C26H23N5O4/c1-15-29-30-26-25(27-18-13-21(33-2)24(35-4)22(14-18)34-3)28-19-11-10-17(12-20(19)31(15)26)23(32)16-8-6-5-7-9-16/h5-14H,1-4H3,(H,27,28). The Morgan fingerprint density at radius 3 is 2.23 bits per heavy atom. The molecule has 176 valence electrons. The van der Waals surface area contributed by atoms with Crippen molar-refractivity contribution in [1.82, 2.24) is 19.6 Å². The summed E-state index contributed by atoms with van der Waals surface area (Å²) < 4.78 is 18.2. The van der Waals surface area contributed by atoms with Crippen LogP contribution >= 0.6 is 0 Å². The number of methoxy groups -OCH3 is 3. The molecule has 0 aliphatic carbocycles. The second-order valence-electron chi connectivity index (χ2n) is 7.80. The van der Waals surface area contributed by atoms with E-state index < -0.39 is 0 Å². The van der Waals surface area contributed by atoms with Crippen molar-refractivity contribution in [1.29, 1.82) is 0 Å². The fraction of sp³-hybridized carbons (Fsp3) is 0.154. The average molecular weight is 470 g/mol. The Morgan fingerprint density at radius 1 is 0.857 bits per heavy atom. The molecule has 2 aromatic heterocycles. The largest absolute Gasteiger partial charge is 0.493 e. The highest BCUT2D eigenvalue weighted by Gasteiger charge is 2.18. The molecule has 0 aliphatic rings. The average Bonchev–Trinajstić information content (AvgIpc) is 3.30. The lowest BCUT2D eigenvalue weighted by Crippen LogP contribution is -2.05. The van der Waals surface area contributed by atoms with E-state index >= 15 is 0 Å². The van der Waals surface area contributed by atoms with Gasteiger partial charge in [0.25, 0.3) is 0 Å². The number of nitrogens with one attached hydrogen (secondary N) is 1. The molecule has 5 aromatic rings. The maximum Gasteiger partial charge on any atom is 0.204 e. The Morgan fingerprint density at radius 2 is 1.57 bits per heavy atom. The summed E-state index contributed by atoms with van der Waals surface area (Å²) in [5.41, 5.74) is 3.79. The van der Waals surface area contributed by atoms with Crippen LogP contribution in [0.3, 0.4) is 0 Å². The number of ketones is 1. The molecular formula is C26H23N5O4. The first-order valence-corrected chi connectivity index (χ1v) is 10.9. The molecule has 0 unspecified atom stereocenters. The number of benzene rings is 3. The van der Waals surface area contributed by atoms with Crippen LogP contribution in [0.25, 0.3) is 16.7 Å². The first kappa shape index (κ1) is 22.1. The van der Waals surface area contributed by atoms with Crippen molar-refractivity contribution in [3.63, 3.8) is 0 Å². The molecular weight excluding hydrogens is 446 g/mol. The Balaban J connectivity index is 1.62. The van der Waals surface area contributed by atoms with E-state index in [4.69, 9.17) is 19.2 Å². The second kappa shape index (κ2) is 8.94. The number of carbonyl (C=O) groups excluding carboxylic acids is 1. The number of fused-ring (bicyclic) bond motifs is 3. The molecule has 9 nitrogen and oxygen atoms in total. The first-order valence-electron chi connectivity index (χ1n) is 10.9. The summed E-state index contributed by atoms with van der Waals surface area (Å²) in [6.45, 7) is 1.86. The molecule has 3 aromatic carbocycles. The molecule has 5 rings (SSSR count). The number of hydrogen-bond donors (Lipinski definition) is 1. The molecule has 0 fully saturated rings. The minimum Gasteiger partial charge on any atom is -0.493 e. The van der Waals surface area contributed by atoms with Crippen molar-refractivity contribution in [2.45, 2.75) is 6.92 Å². The van der Waals surface area contributed by atoms with Crippen LogP contribution in [-0.2, 0) is 0 Å². The highest BCUT2D eigenvalue weighted by molar-refractivity contribution is 6.10. The van der Waals surface area contributed by atoms with Gasteiger partial charge in [0.05, 0.1) is 32.4 Å². The van der Waals surface area contributed by atoms with Gasteiger partial charge in [0, 0.05) is 28.9 Å². The third-order valence-electron chi connectivity index (χ3n) is 5.71. The lowest BCUT2D eigenvalue weighted by Gasteiger charge is -2.15. The van der Waals surface area contributed by atoms with Crippen LogP contribution in [0.4, 0.5) is 11.5 Å². The number of anilines is 2. The monoisotopic (exact) mass is 469 g/mol. The third-order valence-corrected chi connectivity index (χ3v) is 5.71. The lowest BCUT2D eigenvalue weighted by atomic mass is 10.0. The first-order chi connectivity index (χ1) is 17.0. The Hall–Kier alpha value is -4.66. The number of aryl methyl sites for hydroxylation is 1. The van der Waals surface area contributed by atoms with Gasteiger partial charge < -0.3 is 19.5 Å². The predicted octanol–water partition coefficient (Wildman–Crippen LogP) is 4.59.